The van der Waals surface area contributed by atoms with E-state index in [1.165, 1.54) is 11.3 Å². The van der Waals surface area contributed by atoms with Crippen molar-refractivity contribution in [2.75, 3.05) is 52.4 Å². The zero-order valence-corrected chi connectivity index (χ0v) is 19.1. The topological polar surface area (TPSA) is 92.8 Å². The number of nitrogens with zero attached hydrogens (tertiary/aromatic N) is 2. The van der Waals surface area contributed by atoms with Crippen molar-refractivity contribution in [2.45, 2.75) is 6.42 Å². The summed E-state index contributed by atoms with van der Waals surface area (Å²) < 4.78 is 9.99. The number of hydrogen-bond acceptors (Lipinski definition) is 7. The second kappa shape index (κ2) is 12.7. The monoisotopic (exact) mass is 474 g/mol. The first-order valence-electron chi connectivity index (χ1n) is 9.16. The molecule has 1 heterocycles. The molecule has 0 unspecified atom stereocenters. The molecular weight excluding hydrogens is 451 g/mol. The molecular formula is C19H24Cl2N4O4S. The molecule has 0 fully saturated rings. The Balaban J connectivity index is 1.99. The Kier molecular flexibility index (Phi) is 10.3. The zero-order chi connectivity index (χ0) is 21.9. The number of thiazole rings is 1. The molecule has 2 rings (SSSR count). The predicted molar refractivity (Wildman–Crippen MR) is 119 cm³/mol. The summed E-state index contributed by atoms with van der Waals surface area (Å²) >= 11 is 13.2. The maximum Gasteiger partial charge on any atom is 0.273 e. The summed E-state index contributed by atoms with van der Waals surface area (Å²) in [6, 6.07) is 5.13. The fourth-order valence-corrected chi connectivity index (χ4v) is 3.43. The second-order valence-corrected chi connectivity index (χ2v) is 7.84. The van der Waals surface area contributed by atoms with Gasteiger partial charge in [-0.2, -0.15) is 0 Å². The highest BCUT2D eigenvalue weighted by atomic mass is 35.5. The van der Waals surface area contributed by atoms with Crippen LogP contribution in [-0.4, -0.2) is 68.8 Å². The molecule has 0 aliphatic heterocycles. The van der Waals surface area contributed by atoms with Crippen LogP contribution in [0.25, 0.3) is 0 Å². The van der Waals surface area contributed by atoms with E-state index in [1.807, 2.05) is 0 Å². The van der Waals surface area contributed by atoms with Gasteiger partial charge in [0.25, 0.3) is 5.91 Å². The van der Waals surface area contributed by atoms with Gasteiger partial charge in [-0.05, 0) is 18.2 Å². The fourth-order valence-electron chi connectivity index (χ4n) is 2.42. The zero-order valence-electron chi connectivity index (χ0n) is 16.7. The summed E-state index contributed by atoms with van der Waals surface area (Å²) in [4.78, 5) is 30.7. The first-order chi connectivity index (χ1) is 14.4. The molecule has 0 aliphatic carbocycles. The van der Waals surface area contributed by atoms with Crippen molar-refractivity contribution in [3.63, 3.8) is 0 Å². The average molecular weight is 475 g/mol. The first-order valence-corrected chi connectivity index (χ1v) is 10.8. The number of hydrogen-bond donors (Lipinski definition) is 2. The molecule has 0 aliphatic rings. The van der Waals surface area contributed by atoms with Gasteiger partial charge < -0.3 is 25.0 Å². The van der Waals surface area contributed by atoms with Gasteiger partial charge >= 0.3 is 0 Å². The van der Waals surface area contributed by atoms with E-state index in [1.54, 1.807) is 42.7 Å². The van der Waals surface area contributed by atoms with E-state index in [0.29, 0.717) is 52.9 Å². The van der Waals surface area contributed by atoms with Crippen LogP contribution in [0.3, 0.4) is 0 Å². The van der Waals surface area contributed by atoms with Crippen molar-refractivity contribution in [3.8, 4) is 0 Å². The lowest BCUT2D eigenvalue weighted by atomic mass is 10.3. The van der Waals surface area contributed by atoms with Gasteiger partial charge in [-0.15, -0.1) is 11.3 Å². The third kappa shape index (κ3) is 7.73. The van der Waals surface area contributed by atoms with Gasteiger partial charge in [-0.1, -0.05) is 23.2 Å². The van der Waals surface area contributed by atoms with Crippen molar-refractivity contribution in [1.82, 2.24) is 15.2 Å². The minimum Gasteiger partial charge on any atom is -0.383 e. The Morgan fingerprint density at radius 1 is 1.13 bits per heavy atom. The number of benzene rings is 1. The minimum atomic E-state index is -0.268. The molecule has 2 aromatic rings. The summed E-state index contributed by atoms with van der Waals surface area (Å²) in [7, 11) is 3.12. The molecule has 0 saturated carbocycles. The summed E-state index contributed by atoms with van der Waals surface area (Å²) in [6.07, 6.45) is 0.178. The Morgan fingerprint density at radius 3 is 2.60 bits per heavy atom. The molecule has 1 aromatic carbocycles. The molecule has 0 bridgehead atoms. The van der Waals surface area contributed by atoms with Gasteiger partial charge in [0, 0.05) is 51.3 Å². The van der Waals surface area contributed by atoms with Crippen LogP contribution >= 0.6 is 34.5 Å². The third-order valence-corrected chi connectivity index (χ3v) is 5.48. The third-order valence-electron chi connectivity index (χ3n) is 3.98. The molecule has 0 radical (unpaired) electrons. The fraction of sp³-hybridized carbons (Fsp3) is 0.421. The van der Waals surface area contributed by atoms with Gasteiger partial charge in [0.1, 0.15) is 5.69 Å². The number of rotatable bonds is 12. The van der Waals surface area contributed by atoms with E-state index in [0.717, 1.165) is 0 Å². The highest BCUT2D eigenvalue weighted by Crippen LogP contribution is 2.28. The van der Waals surface area contributed by atoms with Crippen molar-refractivity contribution < 1.29 is 19.1 Å². The molecule has 0 spiro atoms. The van der Waals surface area contributed by atoms with E-state index in [4.69, 9.17) is 32.7 Å². The molecule has 1 aromatic heterocycles. The summed E-state index contributed by atoms with van der Waals surface area (Å²) in [5, 5.41) is 8.92. The van der Waals surface area contributed by atoms with Crippen LogP contribution in [0.1, 0.15) is 16.9 Å². The number of carbonyl (C=O) groups excluding carboxylic acids is 2. The van der Waals surface area contributed by atoms with Crippen molar-refractivity contribution >= 4 is 57.2 Å². The smallest absolute Gasteiger partial charge is 0.273 e. The maximum absolute atomic E-state index is 12.9. The SMILES string of the molecule is COCCNC(=O)CCN(CCOC)C(=O)c1csc(Nc2ccc(Cl)c(Cl)c2)n1. The minimum absolute atomic E-state index is 0.150. The maximum atomic E-state index is 12.9. The van der Waals surface area contributed by atoms with Crippen LogP contribution in [0.5, 0.6) is 0 Å². The molecule has 2 N–H and O–H groups in total. The molecule has 30 heavy (non-hydrogen) atoms. The van der Waals surface area contributed by atoms with E-state index in [9.17, 15) is 9.59 Å². The van der Waals surface area contributed by atoms with Crippen molar-refractivity contribution in [2.24, 2.45) is 0 Å². The summed E-state index contributed by atoms with van der Waals surface area (Å²) in [6.45, 7) is 1.83. The van der Waals surface area contributed by atoms with Crippen LogP contribution in [0.2, 0.25) is 10.0 Å². The lowest BCUT2D eigenvalue weighted by Gasteiger charge is -2.21. The van der Waals surface area contributed by atoms with Gasteiger partial charge in [0.15, 0.2) is 5.13 Å². The number of halogens is 2. The number of anilines is 2. The summed E-state index contributed by atoms with van der Waals surface area (Å²) in [5.41, 5.74) is 1.00. The Bertz CT molecular complexity index is 850. The lowest BCUT2D eigenvalue weighted by Crippen LogP contribution is -2.38. The van der Waals surface area contributed by atoms with E-state index >= 15 is 0 Å². The Labute approximate surface area is 189 Å². The number of nitrogens with one attached hydrogen (secondary N) is 2. The van der Waals surface area contributed by atoms with Gasteiger partial charge in [0.05, 0.1) is 23.3 Å². The predicted octanol–water partition coefficient (Wildman–Crippen LogP) is 3.43. The first kappa shape index (κ1) is 24.4. The quantitative estimate of drug-likeness (QED) is 0.457. The number of amides is 2. The van der Waals surface area contributed by atoms with Crippen LogP contribution < -0.4 is 10.6 Å². The molecule has 2 amide bonds. The summed E-state index contributed by atoms with van der Waals surface area (Å²) in [5.74, 6) is -0.419. The van der Waals surface area contributed by atoms with Gasteiger partial charge in [0.2, 0.25) is 5.91 Å². The number of methoxy groups -OCH3 is 2. The van der Waals surface area contributed by atoms with E-state index in [2.05, 4.69) is 15.6 Å². The number of ether oxygens (including phenoxy) is 2. The molecule has 164 valence electrons. The highest BCUT2D eigenvalue weighted by molar-refractivity contribution is 7.14. The average Bonchev–Trinajstić information content (AvgIpc) is 3.19. The lowest BCUT2D eigenvalue weighted by molar-refractivity contribution is -0.121. The van der Waals surface area contributed by atoms with Crippen molar-refractivity contribution in [3.05, 3.63) is 39.3 Å². The van der Waals surface area contributed by atoms with Crippen LogP contribution in [0, 0.1) is 0 Å². The molecule has 11 heteroatoms. The molecule has 0 saturated heterocycles. The van der Waals surface area contributed by atoms with Crippen LogP contribution in [-0.2, 0) is 14.3 Å². The number of aromatic nitrogens is 1. The van der Waals surface area contributed by atoms with Gasteiger partial charge in [-0.3, -0.25) is 9.59 Å². The van der Waals surface area contributed by atoms with Crippen molar-refractivity contribution in [1.29, 1.82) is 0 Å². The molecule has 8 nitrogen and oxygen atoms in total. The standard InChI is InChI=1S/C19H24Cl2N4O4S/c1-28-9-6-22-17(26)5-7-25(8-10-29-2)18(27)16-12-30-19(24-16)23-13-3-4-14(20)15(21)11-13/h3-4,11-12H,5-10H2,1-2H3,(H,22,26)(H,23,24). The Hall–Kier alpha value is -1.91. The Morgan fingerprint density at radius 2 is 1.90 bits per heavy atom. The normalized spacial score (nSPS) is 10.7. The van der Waals surface area contributed by atoms with Crippen LogP contribution in [0.4, 0.5) is 10.8 Å². The van der Waals surface area contributed by atoms with E-state index < -0.39 is 0 Å². The van der Waals surface area contributed by atoms with E-state index in [-0.39, 0.29) is 24.8 Å². The molecule has 0 atom stereocenters. The number of carbonyl (C=O) groups is 2. The second-order valence-electron chi connectivity index (χ2n) is 6.17. The van der Waals surface area contributed by atoms with Gasteiger partial charge in [-0.25, -0.2) is 4.98 Å². The van der Waals surface area contributed by atoms with Crippen LogP contribution in [0.15, 0.2) is 23.6 Å². The largest absolute Gasteiger partial charge is 0.383 e. The highest BCUT2D eigenvalue weighted by Gasteiger charge is 2.20.